The molecule has 0 aliphatic carbocycles. The second kappa shape index (κ2) is 15.5. The number of para-hydroxylation sites is 3. The minimum Gasteiger partial charge on any atom is -0.458 e. The van der Waals surface area contributed by atoms with Gasteiger partial charge in [-0.05, 0) is 99.0 Å². The van der Waals surface area contributed by atoms with Crippen molar-refractivity contribution >= 4 is 32.8 Å². The van der Waals surface area contributed by atoms with E-state index in [9.17, 15) is 0 Å². The number of hydrogen-bond donors (Lipinski definition) is 0. The Morgan fingerprint density at radius 1 is 0.556 bits per heavy atom. The SMILES string of the molecule is [2H]c1c([2H])c([2H])c(-c2ccccc2-[n+]2[c-]n(-c3cccc(Oc4ccc5c6ccccc6n(-c6cc(C(C)(C)C)ccn6)c5c4)c3)c3cccc(-c4ccccc4-c4ccccc4)c32)c([2H])c1[2H]. The highest BCUT2D eigenvalue weighted by Crippen LogP contribution is 2.39. The van der Waals surface area contributed by atoms with E-state index < -0.39 is 18.1 Å². The molecule has 0 bridgehead atoms. The molecule has 5 heteroatoms. The van der Waals surface area contributed by atoms with Gasteiger partial charge in [0.25, 0.3) is 6.33 Å². The first kappa shape index (κ1) is 32.7. The lowest BCUT2D eigenvalue weighted by Gasteiger charge is -2.20. The predicted octanol–water partition coefficient (Wildman–Crippen LogP) is 14.3. The molecule has 0 N–H and O–H groups in total. The fraction of sp³-hybridized carbons (Fsp3) is 0.0690. The highest BCUT2D eigenvalue weighted by Gasteiger charge is 2.22. The Balaban J connectivity index is 1.09. The van der Waals surface area contributed by atoms with Crippen LogP contribution in [0.5, 0.6) is 11.5 Å². The molecule has 0 spiro atoms. The molecule has 63 heavy (non-hydrogen) atoms. The van der Waals surface area contributed by atoms with E-state index >= 15 is 0 Å². The summed E-state index contributed by atoms with van der Waals surface area (Å²) < 4.78 is 56.3. The molecule has 0 unspecified atom stereocenters. The highest BCUT2D eigenvalue weighted by atomic mass is 16.5. The first-order valence-corrected chi connectivity index (χ1v) is 21.0. The molecule has 3 aromatic heterocycles. The molecule has 0 amide bonds. The second-order valence-electron chi connectivity index (χ2n) is 16.7. The molecule has 11 aromatic rings. The van der Waals surface area contributed by atoms with Gasteiger partial charge in [-0.1, -0.05) is 166 Å². The lowest BCUT2D eigenvalue weighted by molar-refractivity contribution is -0.571. The van der Waals surface area contributed by atoms with Gasteiger partial charge in [0, 0.05) is 23.0 Å². The van der Waals surface area contributed by atoms with Gasteiger partial charge in [-0.2, -0.15) is 0 Å². The lowest BCUT2D eigenvalue weighted by atomic mass is 9.88. The van der Waals surface area contributed by atoms with Crippen molar-refractivity contribution in [3.8, 4) is 62.1 Å². The molecule has 302 valence electrons. The van der Waals surface area contributed by atoms with Crippen LogP contribution in [0.3, 0.4) is 0 Å². The normalized spacial score (nSPS) is 12.8. The molecule has 0 atom stereocenters. The van der Waals surface area contributed by atoms with Crippen molar-refractivity contribution in [2.45, 2.75) is 26.2 Å². The van der Waals surface area contributed by atoms with Gasteiger partial charge in [-0.15, -0.1) is 0 Å². The summed E-state index contributed by atoms with van der Waals surface area (Å²) in [5.41, 5.74) is 10.8. The molecule has 5 nitrogen and oxygen atoms in total. The second-order valence-corrected chi connectivity index (χ2v) is 16.7. The number of rotatable bonds is 8. The number of ether oxygens (including phenoxy) is 1. The maximum Gasteiger partial charge on any atom is 0.269 e. The van der Waals surface area contributed by atoms with Crippen LogP contribution in [0.15, 0.2) is 212 Å². The zero-order chi connectivity index (χ0) is 46.8. The van der Waals surface area contributed by atoms with Crippen LogP contribution in [0.2, 0.25) is 0 Å². The van der Waals surface area contributed by atoms with Gasteiger partial charge < -0.3 is 4.74 Å². The summed E-state index contributed by atoms with van der Waals surface area (Å²) in [5.74, 6) is 2.11. The van der Waals surface area contributed by atoms with Crippen LogP contribution in [0.1, 0.15) is 33.2 Å². The maximum absolute atomic E-state index is 8.99. The van der Waals surface area contributed by atoms with Crippen molar-refractivity contribution in [2.75, 3.05) is 0 Å². The first-order chi connectivity index (χ1) is 33.0. The molecule has 0 radical (unpaired) electrons. The largest absolute Gasteiger partial charge is 0.458 e. The van der Waals surface area contributed by atoms with Gasteiger partial charge in [-0.3, -0.25) is 13.7 Å². The molecule has 8 aromatic carbocycles. The Morgan fingerprint density at radius 3 is 2.08 bits per heavy atom. The molecule has 0 fully saturated rings. The fourth-order valence-corrected chi connectivity index (χ4v) is 8.68. The maximum atomic E-state index is 8.99. The highest BCUT2D eigenvalue weighted by molar-refractivity contribution is 6.09. The van der Waals surface area contributed by atoms with Gasteiger partial charge >= 0.3 is 0 Å². The summed E-state index contributed by atoms with van der Waals surface area (Å²) in [6.45, 7) is 6.62. The number of pyridine rings is 1. The van der Waals surface area contributed by atoms with Crippen molar-refractivity contribution in [1.29, 1.82) is 0 Å². The van der Waals surface area contributed by atoms with Crippen LogP contribution in [-0.4, -0.2) is 14.1 Å². The van der Waals surface area contributed by atoms with E-state index in [1.165, 1.54) is 5.56 Å². The van der Waals surface area contributed by atoms with E-state index in [0.717, 1.165) is 66.6 Å². The van der Waals surface area contributed by atoms with Gasteiger partial charge in [0.1, 0.15) is 17.3 Å². The van der Waals surface area contributed by atoms with Crippen LogP contribution >= 0.6 is 0 Å². The summed E-state index contributed by atoms with van der Waals surface area (Å²) in [6.07, 6.45) is 5.55. The summed E-state index contributed by atoms with van der Waals surface area (Å²) in [5, 5.41) is 2.22. The Bertz CT molecular complexity index is 3750. The molecule has 0 aliphatic rings. The zero-order valence-corrected chi connectivity index (χ0v) is 35.0. The lowest BCUT2D eigenvalue weighted by Crippen LogP contribution is -2.31. The third-order valence-corrected chi connectivity index (χ3v) is 11.7. The van der Waals surface area contributed by atoms with Gasteiger partial charge in [0.05, 0.1) is 40.3 Å². The minimum atomic E-state index is -0.441. The number of aromatic nitrogens is 4. The smallest absolute Gasteiger partial charge is 0.269 e. The van der Waals surface area contributed by atoms with Crippen LogP contribution in [0.25, 0.3) is 83.4 Å². The quantitative estimate of drug-likeness (QED) is 0.113. The van der Waals surface area contributed by atoms with Crippen LogP contribution in [-0.2, 0) is 5.41 Å². The van der Waals surface area contributed by atoms with Crippen molar-refractivity contribution in [3.05, 3.63) is 224 Å². The number of imidazole rings is 1. The third-order valence-electron chi connectivity index (χ3n) is 11.7. The van der Waals surface area contributed by atoms with Crippen LogP contribution in [0, 0.1) is 6.33 Å². The average molecular weight is 818 g/mol. The van der Waals surface area contributed by atoms with Crippen molar-refractivity contribution in [1.82, 2.24) is 14.1 Å². The Kier molecular flexibility index (Phi) is 8.03. The Labute approximate surface area is 374 Å². The van der Waals surface area contributed by atoms with Crippen molar-refractivity contribution in [2.24, 2.45) is 0 Å². The zero-order valence-electron chi connectivity index (χ0n) is 40.0. The van der Waals surface area contributed by atoms with E-state index in [2.05, 4.69) is 111 Å². The summed E-state index contributed by atoms with van der Waals surface area (Å²) >= 11 is 0. The van der Waals surface area contributed by atoms with E-state index in [-0.39, 0.29) is 23.1 Å². The van der Waals surface area contributed by atoms with E-state index in [0.29, 0.717) is 22.7 Å². The van der Waals surface area contributed by atoms with Crippen LogP contribution < -0.4 is 9.30 Å². The third kappa shape index (κ3) is 6.84. The molecular weight excluding hydrogens is 769 g/mol. The summed E-state index contributed by atoms with van der Waals surface area (Å²) in [7, 11) is 0. The fourth-order valence-electron chi connectivity index (χ4n) is 8.68. The van der Waals surface area contributed by atoms with Gasteiger partial charge in [-0.25, -0.2) is 4.98 Å². The van der Waals surface area contributed by atoms with Crippen molar-refractivity contribution in [3.63, 3.8) is 0 Å². The predicted molar refractivity (Wildman–Crippen MR) is 257 cm³/mol. The Hall–Kier alpha value is -8.02. The van der Waals surface area contributed by atoms with Crippen molar-refractivity contribution < 1.29 is 16.2 Å². The number of hydrogen-bond acceptors (Lipinski definition) is 2. The van der Waals surface area contributed by atoms with E-state index in [4.69, 9.17) is 16.6 Å². The molecule has 11 rings (SSSR count). The molecular formula is C58H44N4O. The number of benzene rings is 8. The molecule has 0 aliphatic heterocycles. The molecule has 0 saturated heterocycles. The van der Waals surface area contributed by atoms with Crippen LogP contribution in [0.4, 0.5) is 0 Å². The summed E-state index contributed by atoms with van der Waals surface area (Å²) in [4.78, 5) is 4.86. The Morgan fingerprint density at radius 2 is 1.24 bits per heavy atom. The summed E-state index contributed by atoms with van der Waals surface area (Å²) in [6, 6.07) is 57.1. The monoisotopic (exact) mass is 817 g/mol. The number of fused-ring (bicyclic) bond motifs is 4. The van der Waals surface area contributed by atoms with E-state index in [1.54, 1.807) is 6.07 Å². The topological polar surface area (TPSA) is 35.9 Å². The standard InChI is InChI=1S/C58H44N4O/c1-58(2,3)42-34-35-59-56(36-42)62-53-30-15-13-27-49(53)50-33-32-45(38-55(50)62)63-44-23-16-22-43(37-44)60-39-61(52-29-14-12-25-47(52)41-20-8-5-9-21-41)57-51(28-17-31-54(57)60)48-26-11-10-24-46(48)40-18-6-4-7-19-40/h4-38H,1-3H3/i5D,8D,9D,20D,21D. The van der Waals surface area contributed by atoms with Gasteiger partial charge in [0.2, 0.25) is 0 Å². The molecule has 0 saturated carbocycles. The van der Waals surface area contributed by atoms with E-state index in [1.807, 2.05) is 106 Å². The average Bonchev–Trinajstić information content (AvgIpc) is 3.92. The van der Waals surface area contributed by atoms with Gasteiger partial charge in [0.15, 0.2) is 0 Å². The minimum absolute atomic E-state index is 0.0561. The number of nitrogens with zero attached hydrogens (tertiary/aromatic N) is 4. The molecule has 3 heterocycles. The first-order valence-electron chi connectivity index (χ1n) is 23.5.